The minimum atomic E-state index is -4.16. The number of hydrogen-bond acceptors (Lipinski definition) is 5. The van der Waals surface area contributed by atoms with E-state index in [4.69, 9.17) is 14.6 Å². The first-order valence-electron chi connectivity index (χ1n) is 5.98. The SMILES string of the molecule is COc1ccc(S(=O)(=O)N(CCO)CC(F)F)cc1OC. The van der Waals surface area contributed by atoms with Crippen LogP contribution in [0, 0.1) is 0 Å². The van der Waals surface area contributed by atoms with Gasteiger partial charge < -0.3 is 14.6 Å². The summed E-state index contributed by atoms with van der Waals surface area (Å²) in [4.78, 5) is -0.214. The van der Waals surface area contributed by atoms with Crippen molar-refractivity contribution in [3.63, 3.8) is 0 Å². The number of hydrogen-bond donors (Lipinski definition) is 1. The number of nitrogens with zero attached hydrogens (tertiary/aromatic N) is 1. The molecule has 0 heterocycles. The zero-order valence-corrected chi connectivity index (χ0v) is 12.4. The van der Waals surface area contributed by atoms with Crippen molar-refractivity contribution < 1.29 is 31.8 Å². The van der Waals surface area contributed by atoms with Crippen molar-refractivity contribution in [2.24, 2.45) is 0 Å². The molecule has 1 aromatic rings. The third-order valence-electron chi connectivity index (χ3n) is 2.68. The van der Waals surface area contributed by atoms with Gasteiger partial charge in [0.05, 0.1) is 32.3 Å². The van der Waals surface area contributed by atoms with Gasteiger partial charge in [-0.05, 0) is 12.1 Å². The van der Waals surface area contributed by atoms with Crippen LogP contribution in [0.1, 0.15) is 0 Å². The molecule has 21 heavy (non-hydrogen) atoms. The standard InChI is InChI=1S/C12H17F2NO5S/c1-19-10-4-3-9(7-11(10)20-2)21(17,18)15(5-6-16)8-12(13)14/h3-4,7,12,16H,5-6,8H2,1-2H3. The molecule has 0 saturated heterocycles. The van der Waals surface area contributed by atoms with E-state index in [-0.39, 0.29) is 10.6 Å². The highest BCUT2D eigenvalue weighted by atomic mass is 32.2. The van der Waals surface area contributed by atoms with Gasteiger partial charge in [-0.25, -0.2) is 17.2 Å². The molecule has 0 aliphatic heterocycles. The zero-order chi connectivity index (χ0) is 16.0. The molecule has 0 aromatic heterocycles. The van der Waals surface area contributed by atoms with Crippen molar-refractivity contribution >= 4 is 10.0 Å². The van der Waals surface area contributed by atoms with E-state index < -0.39 is 36.1 Å². The number of alkyl halides is 2. The fourth-order valence-corrected chi connectivity index (χ4v) is 3.13. The van der Waals surface area contributed by atoms with Crippen LogP contribution in [0.25, 0.3) is 0 Å². The summed E-state index contributed by atoms with van der Waals surface area (Å²) in [6.07, 6.45) is -2.84. The quantitative estimate of drug-likeness (QED) is 0.770. The Balaban J connectivity index is 3.21. The van der Waals surface area contributed by atoms with Gasteiger partial charge in [0.25, 0.3) is 6.43 Å². The number of rotatable bonds is 8. The molecule has 0 radical (unpaired) electrons. The number of benzene rings is 1. The molecule has 1 N–H and O–H groups in total. The molecule has 0 saturated carbocycles. The first-order chi connectivity index (χ1) is 9.86. The van der Waals surface area contributed by atoms with Gasteiger partial charge >= 0.3 is 0 Å². The number of aliphatic hydroxyl groups excluding tert-OH is 1. The lowest BCUT2D eigenvalue weighted by Crippen LogP contribution is -2.37. The summed E-state index contributed by atoms with van der Waals surface area (Å²) < 4.78 is 60.1. The van der Waals surface area contributed by atoms with Crippen LogP contribution in [0.5, 0.6) is 11.5 Å². The lowest BCUT2D eigenvalue weighted by molar-refractivity contribution is 0.113. The molecule has 120 valence electrons. The summed E-state index contributed by atoms with van der Waals surface area (Å²) in [7, 11) is -1.44. The van der Waals surface area contributed by atoms with Crippen LogP contribution in [-0.2, 0) is 10.0 Å². The molecule has 0 spiro atoms. The second-order valence-corrected chi connectivity index (χ2v) is 5.93. The van der Waals surface area contributed by atoms with E-state index in [2.05, 4.69) is 0 Å². The van der Waals surface area contributed by atoms with Crippen LogP contribution in [0.3, 0.4) is 0 Å². The van der Waals surface area contributed by atoms with Gasteiger partial charge in [-0.1, -0.05) is 0 Å². The Labute approximate surface area is 121 Å². The van der Waals surface area contributed by atoms with Crippen LogP contribution in [0.15, 0.2) is 23.1 Å². The molecule has 0 aliphatic rings. The third kappa shape index (κ3) is 4.26. The fraction of sp³-hybridized carbons (Fsp3) is 0.500. The van der Waals surface area contributed by atoms with Crippen molar-refractivity contribution in [3.05, 3.63) is 18.2 Å². The second kappa shape index (κ2) is 7.53. The molecular formula is C12H17F2NO5S. The van der Waals surface area contributed by atoms with Crippen LogP contribution >= 0.6 is 0 Å². The van der Waals surface area contributed by atoms with Crippen LogP contribution in [0.2, 0.25) is 0 Å². The fourth-order valence-electron chi connectivity index (χ4n) is 1.70. The summed E-state index contributed by atoms with van der Waals surface area (Å²) in [6.45, 7) is -1.96. The molecule has 6 nitrogen and oxygen atoms in total. The van der Waals surface area contributed by atoms with E-state index in [1.807, 2.05) is 0 Å². The third-order valence-corrected chi connectivity index (χ3v) is 4.54. The summed E-state index contributed by atoms with van der Waals surface area (Å²) in [6, 6.07) is 3.78. The molecule has 0 aliphatic carbocycles. The molecule has 0 bridgehead atoms. The van der Waals surface area contributed by atoms with Gasteiger partial charge in [0, 0.05) is 12.6 Å². The number of halogens is 2. The lowest BCUT2D eigenvalue weighted by atomic mass is 10.3. The van der Waals surface area contributed by atoms with Gasteiger partial charge in [0.15, 0.2) is 11.5 Å². The average Bonchev–Trinajstić information content (AvgIpc) is 2.45. The minimum Gasteiger partial charge on any atom is -0.493 e. The Morgan fingerprint density at radius 1 is 1.24 bits per heavy atom. The Morgan fingerprint density at radius 2 is 1.86 bits per heavy atom. The highest BCUT2D eigenvalue weighted by Gasteiger charge is 2.27. The highest BCUT2D eigenvalue weighted by molar-refractivity contribution is 7.89. The normalized spacial score (nSPS) is 12.0. The van der Waals surface area contributed by atoms with Gasteiger partial charge in [-0.3, -0.25) is 0 Å². The summed E-state index contributed by atoms with van der Waals surface area (Å²) in [5, 5.41) is 8.85. The maximum absolute atomic E-state index is 12.5. The Kier molecular flexibility index (Phi) is 6.31. The van der Waals surface area contributed by atoms with E-state index in [1.165, 1.54) is 32.4 Å². The first kappa shape index (κ1) is 17.6. The number of aliphatic hydroxyl groups is 1. The summed E-state index contributed by atoms with van der Waals surface area (Å²) >= 11 is 0. The van der Waals surface area contributed by atoms with E-state index in [1.54, 1.807) is 0 Å². The molecule has 0 fully saturated rings. The molecule has 9 heteroatoms. The van der Waals surface area contributed by atoms with Crippen molar-refractivity contribution in [2.75, 3.05) is 33.9 Å². The van der Waals surface area contributed by atoms with Crippen LogP contribution < -0.4 is 9.47 Å². The number of methoxy groups -OCH3 is 2. The van der Waals surface area contributed by atoms with Gasteiger partial charge in [0.2, 0.25) is 10.0 Å². The molecular weight excluding hydrogens is 308 g/mol. The summed E-state index contributed by atoms with van der Waals surface area (Å²) in [5.74, 6) is 0.485. The predicted molar refractivity (Wildman–Crippen MR) is 71.4 cm³/mol. The summed E-state index contributed by atoms with van der Waals surface area (Å²) in [5.41, 5.74) is 0. The largest absolute Gasteiger partial charge is 0.493 e. The van der Waals surface area contributed by atoms with Crippen LogP contribution in [-0.4, -0.2) is 58.2 Å². The van der Waals surface area contributed by atoms with Gasteiger partial charge in [-0.15, -0.1) is 0 Å². The molecule has 1 aromatic carbocycles. The first-order valence-corrected chi connectivity index (χ1v) is 7.42. The van der Waals surface area contributed by atoms with E-state index in [0.717, 1.165) is 0 Å². The van der Waals surface area contributed by atoms with Crippen molar-refractivity contribution in [1.29, 1.82) is 0 Å². The second-order valence-electron chi connectivity index (χ2n) is 3.99. The monoisotopic (exact) mass is 325 g/mol. The average molecular weight is 325 g/mol. The maximum Gasteiger partial charge on any atom is 0.252 e. The predicted octanol–water partition coefficient (Wildman–Crippen LogP) is 0.952. The minimum absolute atomic E-state index is 0.166. The highest BCUT2D eigenvalue weighted by Crippen LogP contribution is 2.30. The topological polar surface area (TPSA) is 76.1 Å². The lowest BCUT2D eigenvalue weighted by Gasteiger charge is -2.21. The Bertz CT molecular complexity index is 565. The van der Waals surface area contributed by atoms with Gasteiger partial charge in [0.1, 0.15) is 0 Å². The smallest absolute Gasteiger partial charge is 0.252 e. The molecule has 1 rings (SSSR count). The Morgan fingerprint density at radius 3 is 2.33 bits per heavy atom. The van der Waals surface area contributed by atoms with Gasteiger partial charge in [-0.2, -0.15) is 4.31 Å². The van der Waals surface area contributed by atoms with E-state index >= 15 is 0 Å². The number of sulfonamides is 1. The maximum atomic E-state index is 12.5. The molecule has 0 unspecified atom stereocenters. The zero-order valence-electron chi connectivity index (χ0n) is 11.6. The van der Waals surface area contributed by atoms with E-state index in [9.17, 15) is 17.2 Å². The molecule has 0 amide bonds. The number of ether oxygens (including phenoxy) is 2. The van der Waals surface area contributed by atoms with Crippen molar-refractivity contribution in [3.8, 4) is 11.5 Å². The van der Waals surface area contributed by atoms with E-state index in [0.29, 0.717) is 10.1 Å². The Hall–Kier alpha value is -1.45. The molecule has 0 atom stereocenters. The van der Waals surface area contributed by atoms with Crippen molar-refractivity contribution in [1.82, 2.24) is 4.31 Å². The van der Waals surface area contributed by atoms with Crippen molar-refractivity contribution in [2.45, 2.75) is 11.3 Å². The van der Waals surface area contributed by atoms with Crippen LogP contribution in [0.4, 0.5) is 8.78 Å².